The Morgan fingerprint density at radius 1 is 1.00 bits per heavy atom. The molecule has 0 spiro atoms. The Balaban J connectivity index is 1.29. The summed E-state index contributed by atoms with van der Waals surface area (Å²) in [5.74, 6) is 0. The molecule has 1 fully saturated rings. The molecule has 138 valence electrons. The van der Waals surface area contributed by atoms with Crippen LogP contribution in [0.3, 0.4) is 0 Å². The maximum Gasteiger partial charge on any atom is 0.319 e. The number of urea groups is 1. The lowest BCUT2D eigenvalue weighted by molar-refractivity contribution is 0.188. The zero-order valence-corrected chi connectivity index (χ0v) is 15.1. The van der Waals surface area contributed by atoms with Gasteiger partial charge >= 0.3 is 6.03 Å². The second-order valence-corrected chi connectivity index (χ2v) is 6.85. The molecule has 0 bridgehead atoms. The third kappa shape index (κ3) is 4.41. The highest BCUT2D eigenvalue weighted by atomic mass is 16.2. The summed E-state index contributed by atoms with van der Waals surface area (Å²) in [6, 6.07) is 15.7. The molecule has 2 N–H and O–H groups in total. The number of nitrogens with zero attached hydrogens (tertiary/aromatic N) is 3. The van der Waals surface area contributed by atoms with E-state index in [4.69, 9.17) is 0 Å². The fourth-order valence-electron chi connectivity index (χ4n) is 3.51. The quantitative estimate of drug-likeness (QED) is 0.747. The highest BCUT2D eigenvalue weighted by Gasteiger charge is 2.21. The predicted octanol–water partition coefficient (Wildman–Crippen LogP) is 3.42. The van der Waals surface area contributed by atoms with Crippen molar-refractivity contribution in [1.29, 1.82) is 0 Å². The minimum Gasteiger partial charge on any atom is -0.335 e. The molecule has 0 radical (unpaired) electrons. The van der Waals surface area contributed by atoms with Crippen LogP contribution < -0.4 is 10.6 Å². The van der Waals surface area contributed by atoms with Crippen LogP contribution in [-0.2, 0) is 6.54 Å². The van der Waals surface area contributed by atoms with Gasteiger partial charge < -0.3 is 10.6 Å². The van der Waals surface area contributed by atoms with Gasteiger partial charge in [-0.1, -0.05) is 24.3 Å². The van der Waals surface area contributed by atoms with Gasteiger partial charge in [0.25, 0.3) is 0 Å². The van der Waals surface area contributed by atoms with Gasteiger partial charge in [0.05, 0.1) is 16.9 Å². The topological polar surface area (TPSA) is 70.2 Å². The molecule has 0 saturated carbocycles. The molecular weight excluding hydrogens is 338 g/mol. The molecule has 1 aliphatic heterocycles. The number of aromatic nitrogens is 2. The number of rotatable bonds is 4. The van der Waals surface area contributed by atoms with Gasteiger partial charge in [-0.25, -0.2) is 4.79 Å². The maximum absolute atomic E-state index is 12.4. The number of hydrogen-bond acceptors (Lipinski definition) is 4. The molecule has 0 unspecified atom stereocenters. The fraction of sp³-hybridized carbons (Fsp3) is 0.286. The van der Waals surface area contributed by atoms with Crippen LogP contribution in [0.1, 0.15) is 18.5 Å². The first-order valence-corrected chi connectivity index (χ1v) is 9.31. The van der Waals surface area contributed by atoms with Gasteiger partial charge in [0.1, 0.15) is 0 Å². The Morgan fingerprint density at radius 3 is 2.63 bits per heavy atom. The largest absolute Gasteiger partial charge is 0.335 e. The summed E-state index contributed by atoms with van der Waals surface area (Å²) in [6.45, 7) is 2.77. The molecule has 1 saturated heterocycles. The number of piperidine rings is 1. The van der Waals surface area contributed by atoms with Crippen LogP contribution in [0, 0.1) is 0 Å². The third-order valence-electron chi connectivity index (χ3n) is 4.92. The van der Waals surface area contributed by atoms with E-state index in [1.807, 2.05) is 48.7 Å². The Kier molecular flexibility index (Phi) is 5.25. The van der Waals surface area contributed by atoms with Crippen molar-refractivity contribution in [3.63, 3.8) is 0 Å². The van der Waals surface area contributed by atoms with Crippen LogP contribution in [0.5, 0.6) is 0 Å². The molecule has 0 atom stereocenters. The third-order valence-corrected chi connectivity index (χ3v) is 4.92. The van der Waals surface area contributed by atoms with Gasteiger partial charge in [-0.05, 0) is 37.1 Å². The average molecular weight is 361 g/mol. The smallest absolute Gasteiger partial charge is 0.319 e. The number of pyridine rings is 2. The number of anilines is 1. The molecule has 3 aromatic rings. The molecule has 2 amide bonds. The molecular formula is C21H23N5O. The zero-order chi connectivity index (χ0) is 18.5. The minimum absolute atomic E-state index is 0.170. The van der Waals surface area contributed by atoms with E-state index in [1.54, 1.807) is 6.20 Å². The summed E-state index contributed by atoms with van der Waals surface area (Å²) < 4.78 is 0. The van der Waals surface area contributed by atoms with Crippen molar-refractivity contribution in [3.8, 4) is 0 Å². The van der Waals surface area contributed by atoms with Crippen molar-refractivity contribution in [3.05, 3.63) is 66.6 Å². The Labute approximate surface area is 158 Å². The highest BCUT2D eigenvalue weighted by molar-refractivity contribution is 5.99. The summed E-state index contributed by atoms with van der Waals surface area (Å²) in [5.41, 5.74) is 2.63. The second kappa shape index (κ2) is 8.14. The SMILES string of the molecule is O=C(Nc1cccc2cccnc12)NC1CCN(Cc2ccccn2)CC1. The first kappa shape index (κ1) is 17.4. The molecule has 27 heavy (non-hydrogen) atoms. The number of para-hydroxylation sites is 1. The van der Waals surface area contributed by atoms with Gasteiger partial charge in [0, 0.05) is 43.5 Å². The van der Waals surface area contributed by atoms with Crippen LogP contribution in [-0.4, -0.2) is 40.0 Å². The summed E-state index contributed by atoms with van der Waals surface area (Å²) in [7, 11) is 0. The summed E-state index contributed by atoms with van der Waals surface area (Å²) in [5, 5.41) is 7.06. The molecule has 2 aromatic heterocycles. The van der Waals surface area contributed by atoms with E-state index in [9.17, 15) is 4.79 Å². The lowest BCUT2D eigenvalue weighted by Gasteiger charge is -2.32. The monoisotopic (exact) mass is 361 g/mol. The van der Waals surface area contributed by atoms with Crippen LogP contribution in [0.4, 0.5) is 10.5 Å². The number of likely N-dealkylation sites (tertiary alicyclic amines) is 1. The molecule has 1 aliphatic rings. The summed E-state index contributed by atoms with van der Waals surface area (Å²) in [6.07, 6.45) is 5.45. The first-order chi connectivity index (χ1) is 13.3. The standard InChI is InChI=1S/C21H23N5O/c27-21(25-19-8-3-5-16-6-4-12-23-20(16)19)24-17-9-13-26(14-10-17)15-18-7-1-2-11-22-18/h1-8,11-12,17H,9-10,13-15H2,(H2,24,25,27). The molecule has 3 heterocycles. The summed E-state index contributed by atoms with van der Waals surface area (Å²) in [4.78, 5) is 23.6. The Hall–Kier alpha value is -2.99. The molecule has 6 heteroatoms. The van der Waals surface area contributed by atoms with Gasteiger partial charge in [-0.15, -0.1) is 0 Å². The number of amides is 2. The van der Waals surface area contributed by atoms with Crippen LogP contribution in [0.2, 0.25) is 0 Å². The van der Waals surface area contributed by atoms with Gasteiger partial charge in [0.15, 0.2) is 0 Å². The van der Waals surface area contributed by atoms with E-state index >= 15 is 0 Å². The van der Waals surface area contributed by atoms with Crippen molar-refractivity contribution in [2.45, 2.75) is 25.4 Å². The lowest BCUT2D eigenvalue weighted by atomic mass is 10.1. The van der Waals surface area contributed by atoms with Crippen LogP contribution >= 0.6 is 0 Å². The number of nitrogens with one attached hydrogen (secondary N) is 2. The van der Waals surface area contributed by atoms with Crippen LogP contribution in [0.25, 0.3) is 10.9 Å². The number of benzene rings is 1. The Morgan fingerprint density at radius 2 is 1.81 bits per heavy atom. The zero-order valence-electron chi connectivity index (χ0n) is 15.1. The molecule has 6 nitrogen and oxygen atoms in total. The van der Waals surface area contributed by atoms with Crippen LogP contribution in [0.15, 0.2) is 60.9 Å². The first-order valence-electron chi connectivity index (χ1n) is 9.31. The second-order valence-electron chi connectivity index (χ2n) is 6.85. The number of fused-ring (bicyclic) bond motifs is 1. The molecule has 0 aliphatic carbocycles. The fourth-order valence-corrected chi connectivity index (χ4v) is 3.51. The number of carbonyl (C=O) groups excluding carboxylic acids is 1. The van der Waals surface area contributed by atoms with E-state index in [0.29, 0.717) is 0 Å². The number of hydrogen-bond donors (Lipinski definition) is 2. The highest BCUT2D eigenvalue weighted by Crippen LogP contribution is 2.20. The minimum atomic E-state index is -0.170. The Bertz CT molecular complexity index is 901. The summed E-state index contributed by atoms with van der Waals surface area (Å²) >= 11 is 0. The van der Waals surface area contributed by atoms with E-state index in [0.717, 1.165) is 54.8 Å². The lowest BCUT2D eigenvalue weighted by Crippen LogP contribution is -2.45. The van der Waals surface area contributed by atoms with Crippen molar-refractivity contribution in [1.82, 2.24) is 20.2 Å². The van der Waals surface area contributed by atoms with E-state index in [1.165, 1.54) is 0 Å². The molecule has 4 rings (SSSR count). The average Bonchev–Trinajstić information content (AvgIpc) is 2.71. The van der Waals surface area contributed by atoms with Gasteiger partial charge in [0.2, 0.25) is 0 Å². The van der Waals surface area contributed by atoms with Crippen molar-refractivity contribution < 1.29 is 4.79 Å². The van der Waals surface area contributed by atoms with Gasteiger partial charge in [-0.3, -0.25) is 14.9 Å². The van der Waals surface area contributed by atoms with E-state index < -0.39 is 0 Å². The predicted molar refractivity (Wildman–Crippen MR) is 106 cm³/mol. The van der Waals surface area contributed by atoms with Gasteiger partial charge in [-0.2, -0.15) is 0 Å². The maximum atomic E-state index is 12.4. The number of carbonyl (C=O) groups is 1. The van der Waals surface area contributed by atoms with Crippen molar-refractivity contribution in [2.24, 2.45) is 0 Å². The van der Waals surface area contributed by atoms with Crippen molar-refractivity contribution >= 4 is 22.6 Å². The van der Waals surface area contributed by atoms with E-state index in [2.05, 4.69) is 31.6 Å². The normalized spacial score (nSPS) is 15.6. The van der Waals surface area contributed by atoms with E-state index in [-0.39, 0.29) is 12.1 Å². The van der Waals surface area contributed by atoms with Crippen molar-refractivity contribution in [2.75, 3.05) is 18.4 Å². The molecule has 1 aromatic carbocycles.